The highest BCUT2D eigenvalue weighted by Crippen LogP contribution is 2.37. The molecule has 0 spiro atoms. The molecule has 2 aliphatic rings. The normalized spacial score (nSPS) is 17.1. The number of hydrogen-bond donors (Lipinski definition) is 1. The van der Waals surface area contributed by atoms with Crippen LogP contribution in [0.1, 0.15) is 40.6 Å². The van der Waals surface area contributed by atoms with E-state index < -0.39 is 12.1 Å². The van der Waals surface area contributed by atoms with Crippen LogP contribution in [0.4, 0.5) is 13.2 Å². The maximum absolute atomic E-state index is 13.3. The van der Waals surface area contributed by atoms with Crippen molar-refractivity contribution in [3.63, 3.8) is 0 Å². The van der Waals surface area contributed by atoms with E-state index in [1.807, 2.05) is 48.2 Å². The molecule has 0 saturated carbocycles. The first-order chi connectivity index (χ1) is 15.1. The first-order valence-corrected chi connectivity index (χ1v) is 9.83. The van der Waals surface area contributed by atoms with Crippen LogP contribution < -0.4 is 5.56 Å². The summed E-state index contributed by atoms with van der Waals surface area (Å²) in [6, 6.07) is 12.9. The summed E-state index contributed by atoms with van der Waals surface area (Å²) in [7, 11) is 0. The first-order valence-electron chi connectivity index (χ1n) is 9.83. The van der Waals surface area contributed by atoms with Gasteiger partial charge in [0.1, 0.15) is 5.82 Å². The van der Waals surface area contributed by atoms with Gasteiger partial charge in [-0.3, -0.25) is 14.2 Å². The van der Waals surface area contributed by atoms with Gasteiger partial charge in [0.15, 0.2) is 0 Å². The molecule has 0 bridgehead atoms. The van der Waals surface area contributed by atoms with Crippen molar-refractivity contribution in [3.05, 3.63) is 69.8 Å². The molecule has 166 valence electrons. The van der Waals surface area contributed by atoms with E-state index in [1.165, 1.54) is 0 Å². The van der Waals surface area contributed by atoms with E-state index >= 15 is 0 Å². The lowest BCUT2D eigenvalue weighted by Gasteiger charge is -2.22. The van der Waals surface area contributed by atoms with Crippen LogP contribution >= 0.6 is 0 Å². The molecule has 1 atom stereocenters. The molecule has 7 nitrogen and oxygen atoms in total. The molecule has 1 aromatic heterocycles. The molecule has 1 N–H and O–H groups in total. The van der Waals surface area contributed by atoms with Gasteiger partial charge in [0.25, 0.3) is 11.5 Å². The molecule has 10 heteroatoms. The topological polar surface area (TPSA) is 92.5 Å². The van der Waals surface area contributed by atoms with Crippen molar-refractivity contribution in [2.75, 3.05) is 6.54 Å². The zero-order chi connectivity index (χ0) is 23.2. The molecule has 0 radical (unpaired) electrons. The molecule has 1 saturated heterocycles. The van der Waals surface area contributed by atoms with Gasteiger partial charge in [0.2, 0.25) is 0 Å². The summed E-state index contributed by atoms with van der Waals surface area (Å²) < 4.78 is 33.4. The van der Waals surface area contributed by atoms with E-state index in [4.69, 9.17) is 14.9 Å². The molecule has 1 unspecified atom stereocenters. The minimum atomic E-state index is -5.08. The Balaban J connectivity index is 0.000000307. The van der Waals surface area contributed by atoms with Crippen molar-refractivity contribution in [2.45, 2.75) is 32.0 Å². The fourth-order valence-electron chi connectivity index (χ4n) is 4.06. The fraction of sp³-hybridized carbons (Fsp3) is 0.273. The third-order valence-electron chi connectivity index (χ3n) is 5.48. The number of aliphatic carboxylic acids is 1. The number of fused-ring (bicyclic) bond motifs is 6. The Hall–Kier alpha value is -3.69. The van der Waals surface area contributed by atoms with Crippen molar-refractivity contribution in [1.29, 1.82) is 0 Å². The van der Waals surface area contributed by atoms with Crippen LogP contribution in [-0.2, 0) is 4.79 Å². The van der Waals surface area contributed by atoms with Crippen LogP contribution in [0, 0.1) is 6.92 Å². The van der Waals surface area contributed by atoms with Gasteiger partial charge in [-0.05, 0) is 44.0 Å². The number of carbonyl (C=O) groups is 2. The van der Waals surface area contributed by atoms with Crippen molar-refractivity contribution in [1.82, 2.24) is 14.5 Å². The molecule has 2 aliphatic heterocycles. The lowest BCUT2D eigenvalue weighted by Crippen LogP contribution is -2.31. The maximum atomic E-state index is 13.3. The molecular formula is C22H18F3N3O4. The Morgan fingerprint density at radius 2 is 1.84 bits per heavy atom. The number of aryl methyl sites for hydroxylation is 1. The Morgan fingerprint density at radius 3 is 2.53 bits per heavy atom. The second-order valence-electron chi connectivity index (χ2n) is 7.61. The number of halogens is 3. The smallest absolute Gasteiger partial charge is 0.475 e. The van der Waals surface area contributed by atoms with Crippen LogP contribution in [0.2, 0.25) is 0 Å². The monoisotopic (exact) mass is 445 g/mol. The number of rotatable bonds is 0. The Kier molecular flexibility index (Phi) is 5.23. The summed E-state index contributed by atoms with van der Waals surface area (Å²) in [4.78, 5) is 41.9. The lowest BCUT2D eigenvalue weighted by molar-refractivity contribution is -0.192. The fourth-order valence-corrected chi connectivity index (χ4v) is 4.06. The number of hydrogen-bond acceptors (Lipinski definition) is 4. The second-order valence-corrected chi connectivity index (χ2v) is 7.61. The Bertz CT molecular complexity index is 1300. The van der Waals surface area contributed by atoms with Gasteiger partial charge in [0.05, 0.1) is 28.2 Å². The number of aromatic nitrogens is 2. The molecule has 32 heavy (non-hydrogen) atoms. The van der Waals surface area contributed by atoms with Crippen molar-refractivity contribution in [3.8, 4) is 5.69 Å². The first kappa shape index (κ1) is 21.5. The van der Waals surface area contributed by atoms with Crippen LogP contribution in [0.25, 0.3) is 16.6 Å². The standard InChI is InChI=1S/C20H17N3O2.C2HF3O2/c1-12-8-9-15-14(11-12)20(25)23-16-6-3-2-5-13(16)19(24)22-10-4-7-17(22)18(23)21-15;3-2(4,5)1(6)7/h2-3,5-6,8-9,11,17H,4,7,10H2,1H3;(H,6,7). The zero-order valence-corrected chi connectivity index (χ0v) is 16.9. The highest BCUT2D eigenvalue weighted by Gasteiger charge is 2.39. The number of benzene rings is 2. The van der Waals surface area contributed by atoms with Crippen molar-refractivity contribution < 1.29 is 27.9 Å². The molecule has 0 aliphatic carbocycles. The predicted octanol–water partition coefficient (Wildman–Crippen LogP) is 3.62. The average molecular weight is 445 g/mol. The zero-order valence-electron chi connectivity index (χ0n) is 16.9. The van der Waals surface area contributed by atoms with Gasteiger partial charge in [-0.25, -0.2) is 9.78 Å². The molecule has 3 aromatic rings. The van der Waals surface area contributed by atoms with Gasteiger partial charge in [-0.15, -0.1) is 0 Å². The molecule has 1 amide bonds. The second kappa shape index (κ2) is 7.77. The van der Waals surface area contributed by atoms with E-state index in [9.17, 15) is 22.8 Å². The number of amides is 1. The maximum Gasteiger partial charge on any atom is 0.490 e. The highest BCUT2D eigenvalue weighted by molar-refractivity contribution is 5.99. The minimum absolute atomic E-state index is 0.0109. The van der Waals surface area contributed by atoms with Gasteiger partial charge < -0.3 is 10.0 Å². The van der Waals surface area contributed by atoms with E-state index in [1.54, 1.807) is 10.6 Å². The molecule has 1 fully saturated rings. The summed E-state index contributed by atoms with van der Waals surface area (Å²) in [5.74, 6) is -2.09. The SMILES string of the molecule is Cc1ccc2nc3n(c(=O)c2c1)-c1ccccc1C(=O)N1CCCC31.O=C(O)C(F)(F)F. The lowest BCUT2D eigenvalue weighted by atomic mass is 10.1. The van der Waals surface area contributed by atoms with Gasteiger partial charge in [-0.2, -0.15) is 13.2 Å². The Morgan fingerprint density at radius 1 is 1.16 bits per heavy atom. The largest absolute Gasteiger partial charge is 0.490 e. The number of carbonyl (C=O) groups excluding carboxylic acids is 1. The minimum Gasteiger partial charge on any atom is -0.475 e. The quantitative estimate of drug-likeness (QED) is 0.571. The number of para-hydroxylation sites is 1. The van der Waals surface area contributed by atoms with Gasteiger partial charge in [-0.1, -0.05) is 23.8 Å². The van der Waals surface area contributed by atoms with Gasteiger partial charge >= 0.3 is 12.1 Å². The van der Waals surface area contributed by atoms with E-state index in [0.717, 1.165) is 18.4 Å². The van der Waals surface area contributed by atoms with Crippen molar-refractivity contribution >= 4 is 22.8 Å². The number of alkyl halides is 3. The molecule has 2 aromatic carbocycles. The van der Waals surface area contributed by atoms with Crippen LogP contribution in [-0.4, -0.2) is 44.2 Å². The number of nitrogens with zero attached hydrogens (tertiary/aromatic N) is 3. The van der Waals surface area contributed by atoms with E-state index in [-0.39, 0.29) is 17.5 Å². The molecule has 5 rings (SSSR count). The predicted molar refractivity (Wildman–Crippen MR) is 109 cm³/mol. The van der Waals surface area contributed by atoms with Crippen molar-refractivity contribution in [2.24, 2.45) is 0 Å². The van der Waals surface area contributed by atoms with E-state index in [0.29, 0.717) is 34.5 Å². The van der Waals surface area contributed by atoms with Gasteiger partial charge in [0, 0.05) is 6.54 Å². The summed E-state index contributed by atoms with van der Waals surface area (Å²) in [5, 5.41) is 7.72. The highest BCUT2D eigenvalue weighted by atomic mass is 19.4. The summed E-state index contributed by atoms with van der Waals surface area (Å²) >= 11 is 0. The number of carboxylic acid groups (broad SMARTS) is 1. The van der Waals surface area contributed by atoms with Crippen LogP contribution in [0.5, 0.6) is 0 Å². The average Bonchev–Trinajstić information content (AvgIpc) is 3.20. The Labute approximate surface area is 179 Å². The molecular weight excluding hydrogens is 427 g/mol. The summed E-state index contributed by atoms with van der Waals surface area (Å²) in [5.41, 5.74) is 2.83. The third-order valence-corrected chi connectivity index (χ3v) is 5.48. The molecule has 3 heterocycles. The van der Waals surface area contributed by atoms with Crippen LogP contribution in [0.15, 0.2) is 47.3 Å². The summed E-state index contributed by atoms with van der Waals surface area (Å²) in [6.45, 7) is 2.67. The van der Waals surface area contributed by atoms with E-state index in [2.05, 4.69) is 0 Å². The number of carboxylic acids is 1. The third kappa shape index (κ3) is 3.61. The van der Waals surface area contributed by atoms with Crippen LogP contribution in [0.3, 0.4) is 0 Å². The summed E-state index contributed by atoms with van der Waals surface area (Å²) in [6.07, 6.45) is -3.32.